The first-order valence-electron chi connectivity index (χ1n) is 17.3. The molecule has 14 heteroatoms. The minimum absolute atomic E-state index is 0.109. The third-order valence-corrected chi connectivity index (χ3v) is 11.1. The van der Waals surface area contributed by atoms with E-state index >= 15 is 8.78 Å². The maximum atomic E-state index is 15.4. The summed E-state index contributed by atoms with van der Waals surface area (Å²) in [6, 6.07) is 13.4. The molecule has 53 heavy (non-hydrogen) atoms. The van der Waals surface area contributed by atoms with Crippen LogP contribution in [0.3, 0.4) is 0 Å². The van der Waals surface area contributed by atoms with Crippen molar-refractivity contribution in [1.29, 1.82) is 0 Å². The number of thiophene rings is 1. The van der Waals surface area contributed by atoms with Gasteiger partial charge in [-0.25, -0.2) is 13.8 Å². The molecule has 0 spiro atoms. The number of nitrogens with one attached hydrogen (secondary N) is 1. The van der Waals surface area contributed by atoms with E-state index in [2.05, 4.69) is 20.5 Å². The molecule has 0 radical (unpaired) electrons. The molecule has 2 aromatic carbocycles. The molecule has 6 aromatic rings. The number of fused-ring (bicyclic) bond motifs is 4. The van der Waals surface area contributed by atoms with Gasteiger partial charge in [-0.1, -0.05) is 36.7 Å². The monoisotopic (exact) mass is 756 g/mol. The standard InChI is InChI=1S/C31H28F2N6O3S.C8H7ClO/c1-5-11-39-14-20-24(30(39)40)25(23(15(2)35-20)29-38-37-16(3)42-29)22-12-17-9-10-34-28(26(17)43-22)36-27-18-7-6-8-21(41-4)19(18)13-31(27,32)33;9-7-2-1-6-3-4-10-8(6)5-7/h6-10,12,27H,5,11,13-14H2,1-4H3,(H,34,36);1-2,5H,3-4H2. The van der Waals surface area contributed by atoms with Gasteiger partial charge >= 0.3 is 0 Å². The van der Waals surface area contributed by atoms with Gasteiger partial charge in [0.25, 0.3) is 11.8 Å². The summed E-state index contributed by atoms with van der Waals surface area (Å²) in [6.45, 7) is 7.41. The summed E-state index contributed by atoms with van der Waals surface area (Å²) in [7, 11) is 1.48. The third-order valence-electron chi connectivity index (χ3n) is 9.68. The van der Waals surface area contributed by atoms with Gasteiger partial charge in [0.05, 0.1) is 47.5 Å². The van der Waals surface area contributed by atoms with Gasteiger partial charge in [-0.2, -0.15) is 0 Å². The lowest BCUT2D eigenvalue weighted by Gasteiger charge is -2.22. The molecular formula is C39H35ClF2N6O4S. The Bertz CT molecular complexity index is 2400. The summed E-state index contributed by atoms with van der Waals surface area (Å²) in [5.41, 5.74) is 5.34. The molecule has 2 aliphatic heterocycles. The van der Waals surface area contributed by atoms with Crippen LogP contribution in [0.5, 0.6) is 11.5 Å². The number of carbonyl (C=O) groups excluding carboxylic acids is 1. The van der Waals surface area contributed by atoms with Crippen molar-refractivity contribution in [2.75, 3.05) is 25.6 Å². The van der Waals surface area contributed by atoms with E-state index in [-0.39, 0.29) is 11.8 Å². The lowest BCUT2D eigenvalue weighted by Crippen LogP contribution is -2.28. The Balaban J connectivity index is 0.000000344. The number of anilines is 1. The van der Waals surface area contributed by atoms with E-state index in [0.717, 1.165) is 40.5 Å². The number of aromatic nitrogens is 4. The highest BCUT2D eigenvalue weighted by Gasteiger charge is 2.49. The number of ether oxygens (including phenoxy) is 2. The molecule has 3 aliphatic rings. The molecule has 4 aromatic heterocycles. The average Bonchev–Trinajstić information content (AvgIpc) is 3.96. The normalized spacial score (nSPS) is 16.5. The predicted octanol–water partition coefficient (Wildman–Crippen LogP) is 9.02. The van der Waals surface area contributed by atoms with Crippen LogP contribution in [0.4, 0.5) is 14.6 Å². The second-order valence-corrected chi connectivity index (χ2v) is 14.7. The molecule has 6 heterocycles. The Kier molecular flexibility index (Phi) is 9.02. The Morgan fingerprint density at radius 1 is 1.11 bits per heavy atom. The minimum Gasteiger partial charge on any atom is -0.496 e. The molecule has 1 atom stereocenters. The van der Waals surface area contributed by atoms with Crippen LogP contribution >= 0.6 is 22.9 Å². The van der Waals surface area contributed by atoms with Crippen LogP contribution in [0.1, 0.15) is 63.7 Å². The molecule has 0 saturated heterocycles. The quantitative estimate of drug-likeness (QED) is 0.170. The second-order valence-electron chi connectivity index (χ2n) is 13.2. The highest BCUT2D eigenvalue weighted by atomic mass is 35.5. The van der Waals surface area contributed by atoms with Crippen molar-refractivity contribution in [2.24, 2.45) is 0 Å². The zero-order valence-corrected chi connectivity index (χ0v) is 31.0. The minimum atomic E-state index is -3.05. The Morgan fingerprint density at radius 3 is 2.74 bits per heavy atom. The number of amides is 1. The lowest BCUT2D eigenvalue weighted by molar-refractivity contribution is -0.00734. The molecule has 1 unspecified atom stereocenters. The summed E-state index contributed by atoms with van der Waals surface area (Å²) in [4.78, 5) is 25.6. The van der Waals surface area contributed by atoms with Gasteiger partial charge in [0, 0.05) is 53.5 Å². The topological polar surface area (TPSA) is 116 Å². The van der Waals surface area contributed by atoms with Crippen molar-refractivity contribution in [2.45, 2.75) is 58.5 Å². The summed E-state index contributed by atoms with van der Waals surface area (Å²) in [5.74, 6) is -0.769. The van der Waals surface area contributed by atoms with Crippen LogP contribution in [-0.4, -0.2) is 57.2 Å². The van der Waals surface area contributed by atoms with Gasteiger partial charge in [-0.3, -0.25) is 9.78 Å². The highest BCUT2D eigenvalue weighted by molar-refractivity contribution is 7.23. The zero-order valence-electron chi connectivity index (χ0n) is 29.4. The third kappa shape index (κ3) is 6.25. The van der Waals surface area contributed by atoms with E-state index < -0.39 is 18.4 Å². The largest absolute Gasteiger partial charge is 0.496 e. The first kappa shape index (κ1) is 34.9. The second kappa shape index (κ2) is 13.7. The Labute approximate surface area is 313 Å². The molecular weight excluding hydrogens is 722 g/mol. The van der Waals surface area contributed by atoms with Gasteiger partial charge < -0.3 is 24.1 Å². The van der Waals surface area contributed by atoms with Gasteiger partial charge in [-0.05, 0) is 60.2 Å². The fourth-order valence-corrected chi connectivity index (χ4v) is 8.65. The summed E-state index contributed by atoms with van der Waals surface area (Å²) in [6.07, 6.45) is 3.00. The molecule has 1 aliphatic carbocycles. The molecule has 272 valence electrons. The average molecular weight is 757 g/mol. The number of halogens is 3. The van der Waals surface area contributed by atoms with Crippen LogP contribution in [0.15, 0.2) is 59.1 Å². The van der Waals surface area contributed by atoms with Crippen molar-refractivity contribution in [1.82, 2.24) is 25.1 Å². The molecule has 10 nitrogen and oxygen atoms in total. The van der Waals surface area contributed by atoms with Crippen molar-refractivity contribution in [3.05, 3.63) is 99.3 Å². The van der Waals surface area contributed by atoms with E-state index in [0.29, 0.717) is 74.5 Å². The van der Waals surface area contributed by atoms with Gasteiger partial charge in [-0.15, -0.1) is 21.5 Å². The predicted molar refractivity (Wildman–Crippen MR) is 199 cm³/mol. The Hall–Kier alpha value is -5.14. The van der Waals surface area contributed by atoms with Crippen molar-refractivity contribution >= 4 is 44.7 Å². The number of methoxy groups -OCH3 is 1. The van der Waals surface area contributed by atoms with E-state index in [4.69, 9.17) is 30.5 Å². The van der Waals surface area contributed by atoms with E-state index in [1.54, 1.807) is 36.2 Å². The number of pyridine rings is 2. The summed E-state index contributed by atoms with van der Waals surface area (Å²) < 4.78 is 48.1. The number of nitrogens with zero attached hydrogens (tertiary/aromatic N) is 5. The fraction of sp³-hybridized carbons (Fsp3) is 0.308. The molecule has 0 bridgehead atoms. The smallest absolute Gasteiger partial charge is 0.276 e. The number of rotatable bonds is 7. The maximum absolute atomic E-state index is 15.4. The number of alkyl halides is 2. The molecule has 1 N–H and O–H groups in total. The molecule has 0 saturated carbocycles. The van der Waals surface area contributed by atoms with E-state index in [1.165, 1.54) is 24.0 Å². The fourth-order valence-electron chi connectivity index (χ4n) is 7.33. The molecule has 1 amide bonds. The Morgan fingerprint density at radius 2 is 1.96 bits per heavy atom. The van der Waals surface area contributed by atoms with Gasteiger partial charge in [0.2, 0.25) is 11.8 Å². The van der Waals surface area contributed by atoms with Crippen molar-refractivity contribution < 1.29 is 27.5 Å². The van der Waals surface area contributed by atoms with Crippen molar-refractivity contribution in [3.8, 4) is 33.4 Å². The van der Waals surface area contributed by atoms with Gasteiger partial charge in [0.1, 0.15) is 23.4 Å². The van der Waals surface area contributed by atoms with Crippen LogP contribution < -0.4 is 14.8 Å². The molecule has 9 rings (SSSR count). The lowest BCUT2D eigenvalue weighted by atomic mass is 9.97. The number of aryl methyl sites for hydroxylation is 2. The van der Waals surface area contributed by atoms with E-state index in [9.17, 15) is 4.79 Å². The first-order chi connectivity index (χ1) is 25.6. The number of benzene rings is 2. The SMILES string of the molecule is CCCN1Cc2nc(C)c(-c3nnc(C)o3)c(-c3cc4ccnc(NC5c6cccc(OC)c6CC5(F)F)c4s3)c2C1=O.Clc1ccc2c(c1)OCC2. The van der Waals surface area contributed by atoms with Crippen LogP contribution in [0.25, 0.3) is 32.0 Å². The molecule has 0 fully saturated rings. The number of hydrogen-bond donors (Lipinski definition) is 1. The van der Waals surface area contributed by atoms with Crippen molar-refractivity contribution in [3.63, 3.8) is 0 Å². The number of carbonyl (C=O) groups is 1. The number of hydrogen-bond acceptors (Lipinski definition) is 10. The summed E-state index contributed by atoms with van der Waals surface area (Å²) in [5, 5.41) is 12.9. The van der Waals surface area contributed by atoms with Gasteiger partial charge in [0.15, 0.2) is 0 Å². The van der Waals surface area contributed by atoms with Crippen LogP contribution in [-0.2, 0) is 19.4 Å². The maximum Gasteiger partial charge on any atom is 0.276 e. The first-order valence-corrected chi connectivity index (χ1v) is 18.5. The zero-order chi connectivity index (χ0) is 37.0. The van der Waals surface area contributed by atoms with Crippen LogP contribution in [0.2, 0.25) is 5.02 Å². The van der Waals surface area contributed by atoms with E-state index in [1.807, 2.05) is 44.2 Å². The highest BCUT2D eigenvalue weighted by Crippen LogP contribution is 2.50. The summed E-state index contributed by atoms with van der Waals surface area (Å²) >= 11 is 7.12. The van der Waals surface area contributed by atoms with Crippen LogP contribution in [0, 0.1) is 13.8 Å².